The first-order valence-corrected chi connectivity index (χ1v) is 12.4. The van der Waals surface area contributed by atoms with Crippen molar-refractivity contribution in [3.05, 3.63) is 0 Å². The average Bonchev–Trinajstić information content (AvgIpc) is 2.67. The molecule has 0 heterocycles. The summed E-state index contributed by atoms with van der Waals surface area (Å²) in [4.78, 5) is 10.2. The second-order valence-corrected chi connectivity index (χ2v) is 8.55. The first-order valence-electron chi connectivity index (χ1n) is 12.4. The zero-order valence-electron chi connectivity index (χ0n) is 18.6. The van der Waals surface area contributed by atoms with Crippen molar-refractivity contribution in [2.24, 2.45) is 0 Å². The Morgan fingerprint density at radius 3 is 1.26 bits per heavy atom. The van der Waals surface area contributed by atoms with E-state index in [4.69, 9.17) is 0 Å². The predicted molar refractivity (Wildman–Crippen MR) is 119 cm³/mol. The molecule has 0 fully saturated rings. The van der Waals surface area contributed by atoms with Crippen LogP contribution in [0.5, 0.6) is 0 Å². The predicted octanol–water partition coefficient (Wildman–Crippen LogP) is 8.15. The Bertz CT molecular complexity index is 277. The molecule has 0 amide bonds. The van der Waals surface area contributed by atoms with Crippen molar-refractivity contribution in [1.82, 2.24) is 0 Å². The highest BCUT2D eigenvalue weighted by Crippen LogP contribution is 2.15. The highest BCUT2D eigenvalue weighted by atomic mass is 16.3. The van der Waals surface area contributed by atoms with Gasteiger partial charge in [-0.2, -0.15) is 0 Å². The number of hydrogen-bond donors (Lipinski definition) is 1. The lowest BCUT2D eigenvalue weighted by atomic mass is 10.0. The largest absolute Gasteiger partial charge is 0.393 e. The third-order valence-electron chi connectivity index (χ3n) is 5.75. The summed E-state index contributed by atoms with van der Waals surface area (Å²) in [6.45, 7) is 2.28. The fraction of sp³-hybridized carbons (Fsp3) is 0.960. The van der Waals surface area contributed by atoms with Gasteiger partial charge in [-0.05, 0) is 19.3 Å². The minimum absolute atomic E-state index is 0.0585. The van der Waals surface area contributed by atoms with E-state index in [0.29, 0.717) is 0 Å². The van der Waals surface area contributed by atoms with Gasteiger partial charge in [0.05, 0.1) is 6.10 Å². The fourth-order valence-corrected chi connectivity index (χ4v) is 3.86. The number of hydrogen-bond acceptors (Lipinski definition) is 2. The highest BCUT2D eigenvalue weighted by molar-refractivity contribution is 5.48. The van der Waals surface area contributed by atoms with E-state index in [1.807, 2.05) is 0 Å². The monoisotopic (exact) mass is 382 g/mol. The van der Waals surface area contributed by atoms with Gasteiger partial charge in [0.1, 0.15) is 6.29 Å². The molecule has 0 radical (unpaired) electrons. The average molecular weight is 383 g/mol. The molecule has 0 rings (SSSR count). The Morgan fingerprint density at radius 2 is 0.889 bits per heavy atom. The molecule has 0 saturated heterocycles. The molecule has 1 N–H and O–H groups in total. The Kier molecular flexibility index (Phi) is 23.3. The maximum atomic E-state index is 10.2. The van der Waals surface area contributed by atoms with Crippen molar-refractivity contribution in [3.8, 4) is 0 Å². The van der Waals surface area contributed by atoms with E-state index in [2.05, 4.69) is 6.92 Å². The van der Waals surface area contributed by atoms with Crippen LogP contribution in [0.1, 0.15) is 148 Å². The van der Waals surface area contributed by atoms with Gasteiger partial charge in [-0.15, -0.1) is 0 Å². The second-order valence-electron chi connectivity index (χ2n) is 8.55. The number of rotatable bonds is 23. The van der Waals surface area contributed by atoms with Crippen molar-refractivity contribution in [1.29, 1.82) is 0 Å². The summed E-state index contributed by atoms with van der Waals surface area (Å²) in [5, 5.41) is 10.1. The van der Waals surface area contributed by atoms with Gasteiger partial charge in [0.15, 0.2) is 0 Å². The molecule has 0 aromatic carbocycles. The number of unbranched alkanes of at least 4 members (excludes halogenated alkanes) is 18. The number of aldehydes is 1. The van der Waals surface area contributed by atoms with Gasteiger partial charge in [0.2, 0.25) is 0 Å². The summed E-state index contributed by atoms with van der Waals surface area (Å²) in [6.07, 6.45) is 28.7. The van der Waals surface area contributed by atoms with Gasteiger partial charge in [0, 0.05) is 6.42 Å². The summed E-state index contributed by atoms with van der Waals surface area (Å²) < 4.78 is 0. The van der Waals surface area contributed by atoms with E-state index < -0.39 is 0 Å². The van der Waals surface area contributed by atoms with Gasteiger partial charge in [-0.25, -0.2) is 0 Å². The van der Waals surface area contributed by atoms with Crippen molar-refractivity contribution >= 4 is 6.29 Å². The SMILES string of the molecule is CCCCCCCCCCCCC(O)CCCCCCCCCCCC=O. The molecule has 0 saturated carbocycles. The molecule has 0 bridgehead atoms. The van der Waals surface area contributed by atoms with Crippen molar-refractivity contribution in [2.75, 3.05) is 0 Å². The van der Waals surface area contributed by atoms with E-state index in [1.54, 1.807) is 0 Å². The highest BCUT2D eigenvalue weighted by Gasteiger charge is 2.03. The number of carbonyl (C=O) groups excluding carboxylic acids is 1. The first-order chi connectivity index (χ1) is 13.3. The van der Waals surface area contributed by atoms with Gasteiger partial charge >= 0.3 is 0 Å². The molecular weight excluding hydrogens is 332 g/mol. The molecule has 27 heavy (non-hydrogen) atoms. The van der Waals surface area contributed by atoms with E-state index in [-0.39, 0.29) is 6.10 Å². The molecule has 1 unspecified atom stereocenters. The summed E-state index contributed by atoms with van der Waals surface area (Å²) >= 11 is 0. The number of aliphatic hydroxyl groups excluding tert-OH is 1. The second kappa shape index (κ2) is 23.7. The smallest absolute Gasteiger partial charge is 0.119 e. The molecule has 2 heteroatoms. The quantitative estimate of drug-likeness (QED) is 0.143. The molecule has 0 aliphatic heterocycles. The zero-order chi connectivity index (χ0) is 19.8. The van der Waals surface area contributed by atoms with Crippen LogP contribution in [0.2, 0.25) is 0 Å². The van der Waals surface area contributed by atoms with Gasteiger partial charge in [-0.1, -0.05) is 122 Å². The van der Waals surface area contributed by atoms with Gasteiger partial charge in [0.25, 0.3) is 0 Å². The first kappa shape index (κ1) is 26.6. The molecule has 0 aliphatic carbocycles. The van der Waals surface area contributed by atoms with E-state index >= 15 is 0 Å². The molecule has 162 valence electrons. The molecule has 0 aromatic rings. The lowest BCUT2D eigenvalue weighted by molar-refractivity contribution is -0.107. The summed E-state index contributed by atoms with van der Waals surface area (Å²) in [5.74, 6) is 0. The lowest BCUT2D eigenvalue weighted by Crippen LogP contribution is -2.05. The topological polar surface area (TPSA) is 37.3 Å². The maximum absolute atomic E-state index is 10.2. The van der Waals surface area contributed by atoms with Crippen LogP contribution in [0.15, 0.2) is 0 Å². The minimum Gasteiger partial charge on any atom is -0.393 e. The maximum Gasteiger partial charge on any atom is 0.119 e. The summed E-state index contributed by atoms with van der Waals surface area (Å²) in [7, 11) is 0. The molecule has 1 atom stereocenters. The van der Waals surface area contributed by atoms with Crippen LogP contribution in [0.3, 0.4) is 0 Å². The fourth-order valence-electron chi connectivity index (χ4n) is 3.86. The Labute approximate surface area is 170 Å². The normalized spacial score (nSPS) is 12.4. The van der Waals surface area contributed by atoms with Gasteiger partial charge < -0.3 is 9.90 Å². The third-order valence-corrected chi connectivity index (χ3v) is 5.75. The van der Waals surface area contributed by atoms with Crippen LogP contribution < -0.4 is 0 Å². The Balaban J connectivity index is 3.13. The van der Waals surface area contributed by atoms with Crippen LogP contribution in [0, 0.1) is 0 Å². The summed E-state index contributed by atoms with van der Waals surface area (Å²) in [6, 6.07) is 0. The summed E-state index contributed by atoms with van der Waals surface area (Å²) in [5.41, 5.74) is 0. The van der Waals surface area contributed by atoms with Crippen LogP contribution in [0.4, 0.5) is 0 Å². The van der Waals surface area contributed by atoms with Crippen molar-refractivity contribution in [2.45, 2.75) is 154 Å². The molecule has 2 nitrogen and oxygen atoms in total. The van der Waals surface area contributed by atoms with Crippen LogP contribution in [-0.2, 0) is 4.79 Å². The molecule has 0 aromatic heterocycles. The van der Waals surface area contributed by atoms with Crippen molar-refractivity contribution < 1.29 is 9.90 Å². The van der Waals surface area contributed by atoms with Crippen molar-refractivity contribution in [3.63, 3.8) is 0 Å². The number of aliphatic hydroxyl groups is 1. The number of carbonyl (C=O) groups is 1. The Morgan fingerprint density at radius 1 is 0.556 bits per heavy atom. The van der Waals surface area contributed by atoms with Crippen LogP contribution >= 0.6 is 0 Å². The Hall–Kier alpha value is -0.370. The van der Waals surface area contributed by atoms with Crippen LogP contribution in [0.25, 0.3) is 0 Å². The van der Waals surface area contributed by atoms with E-state index in [1.165, 1.54) is 116 Å². The van der Waals surface area contributed by atoms with E-state index in [0.717, 1.165) is 32.0 Å². The van der Waals surface area contributed by atoms with E-state index in [9.17, 15) is 9.90 Å². The lowest BCUT2D eigenvalue weighted by Gasteiger charge is -2.10. The van der Waals surface area contributed by atoms with Crippen LogP contribution in [-0.4, -0.2) is 17.5 Å². The minimum atomic E-state index is -0.0585. The standard InChI is InChI=1S/C25H50O2/c1-2-3-4-5-6-7-10-13-16-19-22-25(27)23-20-17-14-11-8-9-12-15-18-21-24-26/h24-25,27H,2-23H2,1H3. The molecular formula is C25H50O2. The molecule has 0 aliphatic rings. The third kappa shape index (κ3) is 23.6. The zero-order valence-corrected chi connectivity index (χ0v) is 18.6. The van der Waals surface area contributed by atoms with Gasteiger partial charge in [-0.3, -0.25) is 0 Å². The molecule has 0 spiro atoms.